The lowest BCUT2D eigenvalue weighted by Gasteiger charge is -2.09. The van der Waals surface area contributed by atoms with Crippen molar-refractivity contribution in [3.63, 3.8) is 0 Å². The number of aryl methyl sites for hydroxylation is 1. The molecule has 7 nitrogen and oxygen atoms in total. The van der Waals surface area contributed by atoms with E-state index in [0.717, 1.165) is 35.2 Å². The second-order valence-electron chi connectivity index (χ2n) is 7.44. The van der Waals surface area contributed by atoms with Crippen molar-refractivity contribution >= 4 is 11.7 Å². The number of pyridine rings is 1. The van der Waals surface area contributed by atoms with Crippen LogP contribution in [0.1, 0.15) is 22.6 Å². The van der Waals surface area contributed by atoms with Gasteiger partial charge >= 0.3 is 6.18 Å². The molecular weight excluding hydrogens is 433 g/mol. The standard InChI is InChI=1S/C23H19F3N6O/c1-32-13-19(30-14-32)10-20-28-11-17(12-29-20)16-4-2-15(3-5-16)8-22(33)31-21-9-18(6-7-27-21)23(24,25)26/h2-7,9,11-14H,8,10H2,1H3,(H,27,31,33). The minimum atomic E-state index is -4.50. The summed E-state index contributed by atoms with van der Waals surface area (Å²) in [6, 6.07) is 8.87. The molecule has 3 aromatic heterocycles. The molecule has 1 amide bonds. The van der Waals surface area contributed by atoms with Crippen molar-refractivity contribution < 1.29 is 18.0 Å². The number of hydrogen-bond donors (Lipinski definition) is 1. The number of nitrogens with one attached hydrogen (secondary N) is 1. The first-order valence-electron chi connectivity index (χ1n) is 9.96. The predicted octanol–water partition coefficient (Wildman–Crippen LogP) is 4.06. The van der Waals surface area contributed by atoms with Gasteiger partial charge in [-0.25, -0.2) is 19.9 Å². The van der Waals surface area contributed by atoms with Gasteiger partial charge in [-0.15, -0.1) is 0 Å². The molecule has 4 aromatic rings. The monoisotopic (exact) mass is 452 g/mol. The molecule has 0 saturated carbocycles. The average Bonchev–Trinajstić information content (AvgIpc) is 3.19. The zero-order valence-corrected chi connectivity index (χ0v) is 17.5. The molecule has 10 heteroatoms. The highest BCUT2D eigenvalue weighted by molar-refractivity contribution is 5.91. The van der Waals surface area contributed by atoms with Crippen LogP contribution in [0.2, 0.25) is 0 Å². The number of aromatic nitrogens is 5. The third-order valence-corrected chi connectivity index (χ3v) is 4.81. The maximum Gasteiger partial charge on any atom is 0.416 e. The molecule has 0 spiro atoms. The number of halogens is 3. The molecule has 0 aliphatic rings. The van der Waals surface area contributed by atoms with E-state index >= 15 is 0 Å². The Morgan fingerprint density at radius 3 is 2.36 bits per heavy atom. The second kappa shape index (κ2) is 9.19. The molecule has 1 N–H and O–H groups in total. The van der Waals surface area contributed by atoms with Crippen LogP contribution in [-0.4, -0.2) is 30.4 Å². The lowest BCUT2D eigenvalue weighted by molar-refractivity contribution is -0.137. The second-order valence-corrected chi connectivity index (χ2v) is 7.44. The lowest BCUT2D eigenvalue weighted by atomic mass is 10.0. The van der Waals surface area contributed by atoms with E-state index in [9.17, 15) is 18.0 Å². The van der Waals surface area contributed by atoms with E-state index in [1.165, 1.54) is 0 Å². The fraction of sp³-hybridized carbons (Fsp3) is 0.174. The van der Waals surface area contributed by atoms with Crippen molar-refractivity contribution in [2.45, 2.75) is 19.0 Å². The highest BCUT2D eigenvalue weighted by Gasteiger charge is 2.30. The summed E-state index contributed by atoms with van der Waals surface area (Å²) in [5.74, 6) is 0.0557. The number of benzene rings is 1. The molecule has 1 aromatic carbocycles. The SMILES string of the molecule is Cn1cnc(Cc2ncc(-c3ccc(CC(=O)Nc4cc(C(F)(F)F)ccn4)cc3)cn2)c1. The number of rotatable bonds is 6. The van der Waals surface area contributed by atoms with Crippen LogP contribution >= 0.6 is 0 Å². The van der Waals surface area contributed by atoms with Crippen LogP contribution in [0, 0.1) is 0 Å². The summed E-state index contributed by atoms with van der Waals surface area (Å²) in [4.78, 5) is 29.0. The van der Waals surface area contributed by atoms with Crippen LogP contribution in [0.3, 0.4) is 0 Å². The molecular formula is C23H19F3N6O. The van der Waals surface area contributed by atoms with Gasteiger partial charge in [0, 0.05) is 37.4 Å². The maximum atomic E-state index is 12.8. The normalized spacial score (nSPS) is 11.4. The summed E-state index contributed by atoms with van der Waals surface area (Å²) in [7, 11) is 1.90. The van der Waals surface area contributed by atoms with Gasteiger partial charge in [-0.3, -0.25) is 4.79 Å². The van der Waals surface area contributed by atoms with Crippen LogP contribution in [0.15, 0.2) is 67.5 Å². The zero-order chi connectivity index (χ0) is 23.4. The first-order chi connectivity index (χ1) is 15.8. The summed E-state index contributed by atoms with van der Waals surface area (Å²) in [5, 5.41) is 2.40. The first-order valence-corrected chi connectivity index (χ1v) is 9.96. The highest BCUT2D eigenvalue weighted by atomic mass is 19.4. The molecule has 0 radical (unpaired) electrons. The molecule has 0 fully saturated rings. The fourth-order valence-corrected chi connectivity index (χ4v) is 3.18. The van der Waals surface area contributed by atoms with E-state index in [4.69, 9.17) is 0 Å². The first kappa shape index (κ1) is 22.1. The zero-order valence-electron chi connectivity index (χ0n) is 17.5. The molecule has 4 rings (SSSR count). The summed E-state index contributed by atoms with van der Waals surface area (Å²) in [6.07, 6.45) is 4.14. The molecule has 0 bridgehead atoms. The predicted molar refractivity (Wildman–Crippen MR) is 115 cm³/mol. The molecule has 0 atom stereocenters. The molecule has 0 aliphatic heterocycles. The van der Waals surface area contributed by atoms with E-state index in [2.05, 4.69) is 25.3 Å². The van der Waals surface area contributed by atoms with E-state index < -0.39 is 17.6 Å². The average molecular weight is 452 g/mol. The summed E-state index contributed by atoms with van der Waals surface area (Å²) in [6.45, 7) is 0. The Labute approximate surface area is 187 Å². The van der Waals surface area contributed by atoms with Crippen molar-refractivity contribution in [1.82, 2.24) is 24.5 Å². The number of nitrogens with zero attached hydrogens (tertiary/aromatic N) is 5. The van der Waals surface area contributed by atoms with Crippen molar-refractivity contribution in [1.29, 1.82) is 0 Å². The van der Waals surface area contributed by atoms with Crippen molar-refractivity contribution in [3.8, 4) is 11.1 Å². The third-order valence-electron chi connectivity index (χ3n) is 4.81. The number of carbonyl (C=O) groups excluding carboxylic acids is 1. The quantitative estimate of drug-likeness (QED) is 0.477. The van der Waals surface area contributed by atoms with Gasteiger partial charge in [-0.05, 0) is 23.3 Å². The fourth-order valence-electron chi connectivity index (χ4n) is 3.18. The van der Waals surface area contributed by atoms with E-state index in [1.807, 2.05) is 29.9 Å². The number of anilines is 1. The number of amides is 1. The molecule has 3 heterocycles. The molecule has 0 aliphatic carbocycles. The Morgan fingerprint density at radius 2 is 1.73 bits per heavy atom. The molecule has 168 valence electrons. The van der Waals surface area contributed by atoms with Gasteiger partial charge in [0.15, 0.2) is 0 Å². The minimum Gasteiger partial charge on any atom is -0.340 e. The highest BCUT2D eigenvalue weighted by Crippen LogP contribution is 2.30. The van der Waals surface area contributed by atoms with Crippen LogP contribution in [-0.2, 0) is 30.9 Å². The Hall–Kier alpha value is -4.08. The topological polar surface area (TPSA) is 85.6 Å². The smallest absolute Gasteiger partial charge is 0.340 e. The van der Waals surface area contributed by atoms with Crippen LogP contribution < -0.4 is 5.32 Å². The third kappa shape index (κ3) is 5.79. The summed E-state index contributed by atoms with van der Waals surface area (Å²) >= 11 is 0. The van der Waals surface area contributed by atoms with Gasteiger partial charge in [0.2, 0.25) is 5.91 Å². The Bertz CT molecular complexity index is 1250. The van der Waals surface area contributed by atoms with Crippen LogP contribution in [0.5, 0.6) is 0 Å². The van der Waals surface area contributed by atoms with Gasteiger partial charge in [0.05, 0.1) is 30.4 Å². The van der Waals surface area contributed by atoms with Crippen molar-refractivity contribution in [2.75, 3.05) is 5.32 Å². The Balaban J connectivity index is 1.36. The van der Waals surface area contributed by atoms with Crippen LogP contribution in [0.25, 0.3) is 11.1 Å². The van der Waals surface area contributed by atoms with Gasteiger partial charge in [0.1, 0.15) is 11.6 Å². The maximum absolute atomic E-state index is 12.8. The number of carbonyl (C=O) groups is 1. The van der Waals surface area contributed by atoms with Gasteiger partial charge in [0.25, 0.3) is 0 Å². The summed E-state index contributed by atoms with van der Waals surface area (Å²) < 4.78 is 40.3. The van der Waals surface area contributed by atoms with Gasteiger partial charge in [-0.2, -0.15) is 13.2 Å². The van der Waals surface area contributed by atoms with E-state index in [0.29, 0.717) is 17.8 Å². The minimum absolute atomic E-state index is 0.00226. The van der Waals surface area contributed by atoms with E-state index in [-0.39, 0.29) is 12.2 Å². The van der Waals surface area contributed by atoms with Crippen molar-refractivity contribution in [2.24, 2.45) is 7.05 Å². The number of alkyl halides is 3. The van der Waals surface area contributed by atoms with Gasteiger partial charge < -0.3 is 9.88 Å². The molecule has 33 heavy (non-hydrogen) atoms. The largest absolute Gasteiger partial charge is 0.416 e. The molecule has 0 saturated heterocycles. The Kier molecular flexibility index (Phi) is 6.16. The van der Waals surface area contributed by atoms with Crippen molar-refractivity contribution in [3.05, 3.63) is 90.2 Å². The summed E-state index contributed by atoms with van der Waals surface area (Å²) in [5.41, 5.74) is 2.42. The number of imidazole rings is 1. The lowest BCUT2D eigenvalue weighted by Crippen LogP contribution is -2.16. The van der Waals surface area contributed by atoms with E-state index in [1.54, 1.807) is 30.9 Å². The van der Waals surface area contributed by atoms with Crippen LogP contribution in [0.4, 0.5) is 19.0 Å². The molecule has 0 unspecified atom stereocenters. The Morgan fingerprint density at radius 1 is 1.00 bits per heavy atom. The van der Waals surface area contributed by atoms with Gasteiger partial charge in [-0.1, -0.05) is 24.3 Å². The number of hydrogen-bond acceptors (Lipinski definition) is 5.